The van der Waals surface area contributed by atoms with Gasteiger partial charge in [-0.1, -0.05) is 23.8 Å². The van der Waals surface area contributed by atoms with E-state index in [4.69, 9.17) is 4.74 Å². The molecule has 0 unspecified atom stereocenters. The number of anilines is 2. The molecule has 1 amide bonds. The molecule has 1 saturated heterocycles. The van der Waals surface area contributed by atoms with Crippen molar-refractivity contribution in [3.8, 4) is 5.75 Å². The summed E-state index contributed by atoms with van der Waals surface area (Å²) in [6.45, 7) is 5.67. The molecule has 1 N–H and O–H groups in total. The van der Waals surface area contributed by atoms with Crippen LogP contribution in [0.4, 0.5) is 11.4 Å². The minimum Gasteiger partial charge on any atom is -0.492 e. The summed E-state index contributed by atoms with van der Waals surface area (Å²) in [7, 11) is 2.19. The zero-order valence-electron chi connectivity index (χ0n) is 19.4. The Bertz CT molecular complexity index is 1030. The van der Waals surface area contributed by atoms with Gasteiger partial charge in [0.05, 0.1) is 5.56 Å². The van der Waals surface area contributed by atoms with Gasteiger partial charge in [-0.3, -0.25) is 14.7 Å². The Morgan fingerprint density at radius 2 is 1.91 bits per heavy atom. The van der Waals surface area contributed by atoms with Crippen LogP contribution in [0.3, 0.4) is 0 Å². The summed E-state index contributed by atoms with van der Waals surface area (Å²) in [4.78, 5) is 21.3. The van der Waals surface area contributed by atoms with Crippen molar-refractivity contribution in [2.45, 2.75) is 25.8 Å². The minimum atomic E-state index is -0.145. The topological polar surface area (TPSA) is 57.7 Å². The molecule has 6 nitrogen and oxygen atoms in total. The first-order chi connectivity index (χ1) is 16.1. The highest BCUT2D eigenvalue weighted by Gasteiger charge is 2.22. The third-order valence-electron chi connectivity index (χ3n) is 6.21. The van der Waals surface area contributed by atoms with E-state index in [1.54, 1.807) is 24.5 Å². The highest BCUT2D eigenvalue weighted by molar-refractivity contribution is 6.04. The van der Waals surface area contributed by atoms with E-state index in [-0.39, 0.29) is 5.91 Å². The molecule has 2 heterocycles. The number of aromatic nitrogens is 1. The average Bonchev–Trinajstić information content (AvgIpc) is 2.86. The number of carbonyl (C=O) groups excluding carboxylic acids is 1. The van der Waals surface area contributed by atoms with Gasteiger partial charge >= 0.3 is 0 Å². The number of piperidine rings is 1. The van der Waals surface area contributed by atoms with Crippen LogP contribution in [0, 0.1) is 6.92 Å². The standard InChI is InChI=1S/C27H32N4O2/c1-21-8-10-26(11-9-21)33-18-17-30(2)24-12-15-31(16-13-24)25-7-3-6-23(19-25)29-27(32)22-5-4-14-28-20-22/h3-11,14,19-20,24H,12-13,15-18H2,1-2H3,(H,29,32). The molecular weight excluding hydrogens is 412 g/mol. The van der Waals surface area contributed by atoms with Crippen molar-refractivity contribution in [3.05, 3.63) is 84.2 Å². The molecule has 6 heteroatoms. The van der Waals surface area contributed by atoms with E-state index in [1.165, 1.54) is 5.56 Å². The number of amides is 1. The number of nitrogens with zero attached hydrogens (tertiary/aromatic N) is 3. The third-order valence-corrected chi connectivity index (χ3v) is 6.21. The molecule has 172 valence electrons. The van der Waals surface area contributed by atoms with Crippen LogP contribution in [0.15, 0.2) is 73.1 Å². The number of hydrogen-bond acceptors (Lipinski definition) is 5. The monoisotopic (exact) mass is 444 g/mol. The molecule has 33 heavy (non-hydrogen) atoms. The van der Waals surface area contributed by atoms with Gasteiger partial charge in [0.2, 0.25) is 0 Å². The Hall–Kier alpha value is -3.38. The predicted molar refractivity (Wildman–Crippen MR) is 133 cm³/mol. The van der Waals surface area contributed by atoms with Crippen LogP contribution >= 0.6 is 0 Å². The summed E-state index contributed by atoms with van der Waals surface area (Å²) in [6.07, 6.45) is 5.45. The third kappa shape index (κ3) is 6.33. The lowest BCUT2D eigenvalue weighted by Gasteiger charge is -2.38. The van der Waals surface area contributed by atoms with Crippen LogP contribution < -0.4 is 15.0 Å². The van der Waals surface area contributed by atoms with Gasteiger partial charge in [0.1, 0.15) is 12.4 Å². The number of nitrogens with one attached hydrogen (secondary N) is 1. The van der Waals surface area contributed by atoms with E-state index in [0.29, 0.717) is 18.2 Å². The second-order valence-corrected chi connectivity index (χ2v) is 8.61. The van der Waals surface area contributed by atoms with Crippen LogP contribution in [0.1, 0.15) is 28.8 Å². The fraction of sp³-hybridized carbons (Fsp3) is 0.333. The highest BCUT2D eigenvalue weighted by atomic mass is 16.5. The smallest absolute Gasteiger partial charge is 0.257 e. The van der Waals surface area contributed by atoms with E-state index < -0.39 is 0 Å². The van der Waals surface area contributed by atoms with E-state index in [9.17, 15) is 4.79 Å². The molecule has 0 radical (unpaired) electrons. The SMILES string of the molecule is Cc1ccc(OCCN(C)C2CCN(c3cccc(NC(=O)c4cccnc4)c3)CC2)cc1. The van der Waals surface area contributed by atoms with Crippen LogP contribution in [-0.4, -0.2) is 55.1 Å². The van der Waals surface area contributed by atoms with E-state index in [1.807, 2.05) is 30.3 Å². The van der Waals surface area contributed by atoms with Crippen molar-refractivity contribution in [2.75, 3.05) is 43.5 Å². The predicted octanol–water partition coefficient (Wildman–Crippen LogP) is 4.62. The van der Waals surface area contributed by atoms with Crippen molar-refractivity contribution in [1.82, 2.24) is 9.88 Å². The summed E-state index contributed by atoms with van der Waals surface area (Å²) in [5.74, 6) is 0.785. The van der Waals surface area contributed by atoms with Gasteiger partial charge in [0.15, 0.2) is 0 Å². The molecule has 1 aromatic heterocycles. The van der Waals surface area contributed by atoms with Gasteiger partial charge in [-0.15, -0.1) is 0 Å². The average molecular weight is 445 g/mol. The van der Waals surface area contributed by atoms with Gasteiger partial charge in [0, 0.05) is 49.4 Å². The highest BCUT2D eigenvalue weighted by Crippen LogP contribution is 2.25. The first-order valence-electron chi connectivity index (χ1n) is 11.5. The molecule has 0 saturated carbocycles. The molecule has 1 aliphatic rings. The Morgan fingerprint density at radius 1 is 1.12 bits per heavy atom. The lowest BCUT2D eigenvalue weighted by atomic mass is 10.0. The second-order valence-electron chi connectivity index (χ2n) is 8.61. The lowest BCUT2D eigenvalue weighted by molar-refractivity contribution is 0.102. The normalized spacial score (nSPS) is 14.3. The Balaban J connectivity index is 1.25. The number of likely N-dealkylation sites (N-methyl/N-ethyl adjacent to an activating group) is 1. The Labute approximate surface area is 196 Å². The summed E-state index contributed by atoms with van der Waals surface area (Å²) < 4.78 is 5.90. The zero-order chi connectivity index (χ0) is 23.0. The Kier molecular flexibility index (Phi) is 7.58. The van der Waals surface area contributed by atoms with Crippen molar-refractivity contribution in [3.63, 3.8) is 0 Å². The summed E-state index contributed by atoms with van der Waals surface area (Å²) in [5.41, 5.74) is 3.74. The van der Waals surface area contributed by atoms with Crippen LogP contribution in [-0.2, 0) is 0 Å². The van der Waals surface area contributed by atoms with Crippen molar-refractivity contribution >= 4 is 17.3 Å². The molecule has 3 aromatic rings. The van der Waals surface area contributed by atoms with Crippen molar-refractivity contribution in [1.29, 1.82) is 0 Å². The molecule has 0 bridgehead atoms. The summed E-state index contributed by atoms with van der Waals surface area (Å²) >= 11 is 0. The number of hydrogen-bond donors (Lipinski definition) is 1. The maximum Gasteiger partial charge on any atom is 0.257 e. The molecule has 2 aromatic carbocycles. The first kappa shape index (κ1) is 22.8. The molecule has 1 fully saturated rings. The summed E-state index contributed by atoms with van der Waals surface area (Å²) in [6, 6.07) is 20.4. The number of rotatable bonds is 8. The molecular formula is C27H32N4O2. The summed E-state index contributed by atoms with van der Waals surface area (Å²) in [5, 5.41) is 2.98. The molecule has 1 aliphatic heterocycles. The largest absolute Gasteiger partial charge is 0.492 e. The van der Waals surface area contributed by atoms with E-state index in [0.717, 1.165) is 49.6 Å². The number of carbonyl (C=O) groups is 1. The van der Waals surface area contributed by atoms with Gasteiger partial charge in [-0.05, 0) is 69.3 Å². The molecule has 0 aliphatic carbocycles. The number of ether oxygens (including phenoxy) is 1. The van der Waals surface area contributed by atoms with Gasteiger partial charge in [-0.25, -0.2) is 0 Å². The second kappa shape index (κ2) is 11.0. The first-order valence-corrected chi connectivity index (χ1v) is 11.5. The minimum absolute atomic E-state index is 0.145. The molecule has 0 atom stereocenters. The van der Waals surface area contributed by atoms with Gasteiger partial charge in [0.25, 0.3) is 5.91 Å². The maximum absolute atomic E-state index is 12.4. The Morgan fingerprint density at radius 3 is 2.64 bits per heavy atom. The van der Waals surface area contributed by atoms with E-state index in [2.05, 4.69) is 52.3 Å². The molecule has 0 spiro atoms. The van der Waals surface area contributed by atoms with Crippen molar-refractivity contribution < 1.29 is 9.53 Å². The fourth-order valence-corrected chi connectivity index (χ4v) is 4.17. The number of benzene rings is 2. The zero-order valence-corrected chi connectivity index (χ0v) is 19.4. The lowest BCUT2D eigenvalue weighted by Crippen LogP contribution is -2.44. The van der Waals surface area contributed by atoms with Gasteiger partial charge in [-0.2, -0.15) is 0 Å². The quantitative estimate of drug-likeness (QED) is 0.549. The van der Waals surface area contributed by atoms with E-state index >= 15 is 0 Å². The maximum atomic E-state index is 12.4. The number of aryl methyl sites for hydroxylation is 1. The molecule has 4 rings (SSSR count). The van der Waals surface area contributed by atoms with Crippen LogP contribution in [0.5, 0.6) is 5.75 Å². The van der Waals surface area contributed by atoms with Gasteiger partial charge < -0.3 is 15.0 Å². The number of pyridine rings is 1. The van der Waals surface area contributed by atoms with Crippen LogP contribution in [0.2, 0.25) is 0 Å². The van der Waals surface area contributed by atoms with Crippen LogP contribution in [0.25, 0.3) is 0 Å². The fourth-order valence-electron chi connectivity index (χ4n) is 4.17. The van der Waals surface area contributed by atoms with Crippen molar-refractivity contribution in [2.24, 2.45) is 0 Å².